The first kappa shape index (κ1) is 18.1. The molecule has 7 heteroatoms. The zero-order valence-corrected chi connectivity index (χ0v) is 16.1. The number of amides is 1. The monoisotopic (exact) mass is 394 g/mol. The van der Waals surface area contributed by atoms with E-state index < -0.39 is 0 Å². The number of aromatic nitrogens is 3. The minimum Gasteiger partial charge on any atom is -0.490 e. The molecule has 2 heterocycles. The van der Waals surface area contributed by atoms with Crippen LogP contribution in [0.4, 0.5) is 5.82 Å². The molecule has 0 bridgehead atoms. The molecule has 0 atom stereocenters. The third-order valence-electron chi connectivity index (χ3n) is 4.52. The third-order valence-corrected chi connectivity index (χ3v) is 4.83. The number of carbonyl (C=O) groups is 1. The summed E-state index contributed by atoms with van der Waals surface area (Å²) < 4.78 is 9.43. The van der Waals surface area contributed by atoms with Crippen LogP contribution < -0.4 is 10.1 Å². The number of nitrogens with one attached hydrogen (secondary N) is 1. The number of ether oxygens (including phenoxy) is 1. The van der Waals surface area contributed by atoms with Gasteiger partial charge in [0.25, 0.3) is 5.91 Å². The van der Waals surface area contributed by atoms with Crippen LogP contribution >= 0.6 is 11.6 Å². The summed E-state index contributed by atoms with van der Waals surface area (Å²) in [6.45, 7) is 1.02. The van der Waals surface area contributed by atoms with Crippen molar-refractivity contribution in [2.45, 2.75) is 6.54 Å². The summed E-state index contributed by atoms with van der Waals surface area (Å²) >= 11 is 6.14. The maximum atomic E-state index is 12.8. The number of para-hydroxylation sites is 2. The lowest BCUT2D eigenvalue weighted by Gasteiger charge is -2.09. The van der Waals surface area contributed by atoms with E-state index in [9.17, 15) is 4.79 Å². The van der Waals surface area contributed by atoms with Crippen molar-refractivity contribution in [3.63, 3.8) is 0 Å². The van der Waals surface area contributed by atoms with Crippen molar-refractivity contribution in [3.05, 3.63) is 77.6 Å². The van der Waals surface area contributed by atoms with E-state index in [2.05, 4.69) is 10.4 Å². The molecule has 0 radical (unpaired) electrons. The maximum Gasteiger partial charge on any atom is 0.258 e. The van der Waals surface area contributed by atoms with E-state index in [0.29, 0.717) is 35.3 Å². The number of fused-ring (bicyclic) bond motifs is 1. The molecule has 2 aromatic heterocycles. The highest BCUT2D eigenvalue weighted by Gasteiger charge is 2.16. The Morgan fingerprint density at radius 2 is 1.93 bits per heavy atom. The average molecular weight is 395 g/mol. The number of rotatable bonds is 6. The van der Waals surface area contributed by atoms with Crippen LogP contribution in [0.15, 0.2) is 67.0 Å². The Kier molecular flexibility index (Phi) is 5.04. The van der Waals surface area contributed by atoms with Crippen molar-refractivity contribution < 1.29 is 9.53 Å². The van der Waals surface area contributed by atoms with Crippen LogP contribution in [0.2, 0.25) is 5.02 Å². The molecule has 0 aliphatic heterocycles. The molecule has 4 aromatic rings. The summed E-state index contributed by atoms with van der Waals surface area (Å²) in [6, 6.07) is 16.9. The fraction of sp³-hybridized carbons (Fsp3) is 0.143. The molecule has 1 N–H and O–H groups in total. The summed E-state index contributed by atoms with van der Waals surface area (Å²) in [5, 5.41) is 8.45. The van der Waals surface area contributed by atoms with Crippen LogP contribution in [0.5, 0.6) is 5.75 Å². The molecule has 0 unspecified atom stereocenters. The quantitative estimate of drug-likeness (QED) is 0.528. The normalized spacial score (nSPS) is 10.9. The highest BCUT2D eigenvalue weighted by molar-refractivity contribution is 6.32. The van der Waals surface area contributed by atoms with Gasteiger partial charge in [-0.1, -0.05) is 41.9 Å². The topological polar surface area (TPSA) is 61.1 Å². The number of nitrogens with zero attached hydrogens (tertiary/aromatic N) is 3. The van der Waals surface area contributed by atoms with Crippen LogP contribution in [0.3, 0.4) is 0 Å². The highest BCUT2D eigenvalue weighted by Crippen LogP contribution is 2.25. The molecule has 0 fully saturated rings. The molecule has 6 nitrogen and oxygen atoms in total. The van der Waals surface area contributed by atoms with Crippen molar-refractivity contribution in [2.75, 3.05) is 11.9 Å². The standard InChI is InChI=1S/C21H19ClN4O2/c1-25-20(10-11-23-25)24-21(27)16-14-26(18-8-4-2-6-15(16)18)12-13-28-19-9-5-3-7-17(19)22/h2-11,14H,12-13H2,1H3,(H,24,27). The van der Waals surface area contributed by atoms with Gasteiger partial charge in [0.2, 0.25) is 0 Å². The van der Waals surface area contributed by atoms with Crippen LogP contribution in [-0.2, 0) is 13.6 Å². The predicted octanol–water partition coefficient (Wildman–Crippen LogP) is 4.36. The SMILES string of the molecule is Cn1nccc1NC(=O)c1cn(CCOc2ccccc2Cl)c2ccccc12. The minimum absolute atomic E-state index is 0.175. The molecular formula is C21H19ClN4O2. The van der Waals surface area contributed by atoms with Crippen molar-refractivity contribution in [3.8, 4) is 5.75 Å². The van der Waals surface area contributed by atoms with Gasteiger partial charge in [0, 0.05) is 30.2 Å². The molecule has 0 spiro atoms. The first-order valence-electron chi connectivity index (χ1n) is 8.88. The van der Waals surface area contributed by atoms with Gasteiger partial charge >= 0.3 is 0 Å². The van der Waals surface area contributed by atoms with E-state index in [1.807, 2.05) is 53.2 Å². The number of carbonyl (C=O) groups excluding carboxylic acids is 1. The number of halogens is 1. The van der Waals surface area contributed by atoms with Gasteiger partial charge in [0.15, 0.2) is 0 Å². The summed E-state index contributed by atoms with van der Waals surface area (Å²) in [5.74, 6) is 1.12. The average Bonchev–Trinajstić information content (AvgIpc) is 3.27. The van der Waals surface area contributed by atoms with Gasteiger partial charge < -0.3 is 14.6 Å². The molecule has 4 rings (SSSR count). The lowest BCUT2D eigenvalue weighted by Crippen LogP contribution is -2.14. The van der Waals surface area contributed by atoms with E-state index in [4.69, 9.17) is 16.3 Å². The van der Waals surface area contributed by atoms with E-state index in [0.717, 1.165) is 10.9 Å². The summed E-state index contributed by atoms with van der Waals surface area (Å²) in [4.78, 5) is 12.8. The fourth-order valence-corrected chi connectivity index (χ4v) is 3.30. The molecule has 2 aromatic carbocycles. The molecular weight excluding hydrogens is 376 g/mol. The molecule has 0 saturated carbocycles. The molecule has 0 aliphatic rings. The van der Waals surface area contributed by atoms with Crippen LogP contribution in [0.25, 0.3) is 10.9 Å². The molecule has 1 amide bonds. The summed E-state index contributed by atoms with van der Waals surface area (Å²) in [6.07, 6.45) is 3.50. The van der Waals surface area contributed by atoms with Gasteiger partial charge in [-0.3, -0.25) is 9.48 Å². The summed E-state index contributed by atoms with van der Waals surface area (Å²) in [5.41, 5.74) is 1.58. The number of benzene rings is 2. The van der Waals surface area contributed by atoms with Gasteiger partial charge in [-0.2, -0.15) is 5.10 Å². The Balaban J connectivity index is 1.55. The second kappa shape index (κ2) is 7.78. The molecule has 28 heavy (non-hydrogen) atoms. The number of hydrogen-bond acceptors (Lipinski definition) is 3. The molecule has 142 valence electrons. The van der Waals surface area contributed by atoms with Crippen molar-refractivity contribution >= 4 is 34.2 Å². The van der Waals surface area contributed by atoms with E-state index in [1.165, 1.54) is 0 Å². The Hall–Kier alpha value is -3.25. The van der Waals surface area contributed by atoms with Crippen LogP contribution in [0, 0.1) is 0 Å². The Morgan fingerprint density at radius 3 is 2.71 bits per heavy atom. The smallest absolute Gasteiger partial charge is 0.258 e. The minimum atomic E-state index is -0.175. The van der Waals surface area contributed by atoms with Gasteiger partial charge in [0.05, 0.1) is 23.3 Å². The third kappa shape index (κ3) is 3.59. The lowest BCUT2D eigenvalue weighted by atomic mass is 10.1. The number of hydrogen-bond donors (Lipinski definition) is 1. The number of aryl methyl sites for hydroxylation is 1. The maximum absolute atomic E-state index is 12.8. The van der Waals surface area contributed by atoms with E-state index >= 15 is 0 Å². The van der Waals surface area contributed by atoms with Crippen LogP contribution in [-0.4, -0.2) is 26.9 Å². The molecule has 0 aliphatic carbocycles. The first-order chi connectivity index (χ1) is 13.6. The highest BCUT2D eigenvalue weighted by atomic mass is 35.5. The van der Waals surface area contributed by atoms with E-state index in [-0.39, 0.29) is 5.91 Å². The van der Waals surface area contributed by atoms with Gasteiger partial charge in [-0.25, -0.2) is 0 Å². The molecule has 0 saturated heterocycles. The van der Waals surface area contributed by atoms with Gasteiger partial charge in [-0.05, 0) is 18.2 Å². The van der Waals surface area contributed by atoms with E-state index in [1.54, 1.807) is 30.1 Å². The zero-order chi connectivity index (χ0) is 19.5. The first-order valence-corrected chi connectivity index (χ1v) is 9.26. The Labute approximate surface area is 167 Å². The number of anilines is 1. The van der Waals surface area contributed by atoms with Crippen LogP contribution in [0.1, 0.15) is 10.4 Å². The largest absolute Gasteiger partial charge is 0.490 e. The van der Waals surface area contributed by atoms with Gasteiger partial charge in [-0.15, -0.1) is 0 Å². The Morgan fingerprint density at radius 1 is 1.14 bits per heavy atom. The van der Waals surface area contributed by atoms with Crippen molar-refractivity contribution in [1.29, 1.82) is 0 Å². The fourth-order valence-electron chi connectivity index (χ4n) is 3.11. The van der Waals surface area contributed by atoms with Gasteiger partial charge in [0.1, 0.15) is 18.2 Å². The van der Waals surface area contributed by atoms with Crippen molar-refractivity contribution in [1.82, 2.24) is 14.3 Å². The lowest BCUT2D eigenvalue weighted by molar-refractivity contribution is 0.102. The predicted molar refractivity (Wildman–Crippen MR) is 110 cm³/mol. The summed E-state index contributed by atoms with van der Waals surface area (Å²) in [7, 11) is 1.78. The second-order valence-corrected chi connectivity index (χ2v) is 6.73. The van der Waals surface area contributed by atoms with Crippen molar-refractivity contribution in [2.24, 2.45) is 7.05 Å². The zero-order valence-electron chi connectivity index (χ0n) is 15.3. The Bertz CT molecular complexity index is 1130. The second-order valence-electron chi connectivity index (χ2n) is 6.33.